The number of thiophene rings is 1. The van der Waals surface area contributed by atoms with Gasteiger partial charge in [-0.3, -0.25) is 0 Å². The number of halogens is 1. The van der Waals surface area contributed by atoms with Crippen molar-refractivity contribution in [2.24, 2.45) is 0 Å². The number of hydrogen-bond donors (Lipinski definition) is 1. The number of aryl methyl sites for hydroxylation is 1. The fourth-order valence-corrected chi connectivity index (χ4v) is 3.24. The molecule has 0 spiro atoms. The molecule has 0 aliphatic heterocycles. The van der Waals surface area contributed by atoms with Crippen LogP contribution in [-0.4, -0.2) is 6.04 Å². The van der Waals surface area contributed by atoms with Crippen molar-refractivity contribution in [3.8, 4) is 5.75 Å². The highest BCUT2D eigenvalue weighted by molar-refractivity contribution is 9.10. The summed E-state index contributed by atoms with van der Waals surface area (Å²) in [5.41, 5.74) is 1.27. The summed E-state index contributed by atoms with van der Waals surface area (Å²) in [4.78, 5) is 2.69. The lowest BCUT2D eigenvalue weighted by Gasteiger charge is -2.07. The molecule has 1 N–H and O–H groups in total. The summed E-state index contributed by atoms with van der Waals surface area (Å²) in [5, 5.41) is 3.45. The Balaban J connectivity index is 1.98. The summed E-state index contributed by atoms with van der Waals surface area (Å²) in [6, 6.07) is 10.7. The van der Waals surface area contributed by atoms with Crippen molar-refractivity contribution in [3.63, 3.8) is 0 Å². The first-order valence-electron chi connectivity index (χ1n) is 6.75. The van der Waals surface area contributed by atoms with E-state index in [1.807, 2.05) is 35.6 Å². The minimum Gasteiger partial charge on any atom is -0.488 e. The molecule has 1 aromatic carbocycles. The minimum atomic E-state index is 0.511. The average molecular weight is 354 g/mol. The third-order valence-corrected chi connectivity index (χ3v) is 4.72. The molecule has 0 saturated carbocycles. The van der Waals surface area contributed by atoms with Crippen LogP contribution in [0.2, 0.25) is 0 Å². The Hall–Kier alpha value is -0.840. The Morgan fingerprint density at radius 3 is 2.75 bits per heavy atom. The molecule has 20 heavy (non-hydrogen) atoms. The molecule has 2 rings (SSSR count). The van der Waals surface area contributed by atoms with Gasteiger partial charge in [-0.05, 0) is 41.1 Å². The quantitative estimate of drug-likeness (QED) is 0.797. The van der Waals surface area contributed by atoms with Crippen LogP contribution >= 0.6 is 27.3 Å². The van der Waals surface area contributed by atoms with Gasteiger partial charge in [0.25, 0.3) is 0 Å². The van der Waals surface area contributed by atoms with Crippen LogP contribution in [0.4, 0.5) is 0 Å². The molecule has 1 heterocycles. The van der Waals surface area contributed by atoms with E-state index < -0.39 is 0 Å². The molecule has 0 aliphatic carbocycles. The minimum absolute atomic E-state index is 0.511. The molecule has 0 radical (unpaired) electrons. The molecule has 0 aliphatic rings. The van der Waals surface area contributed by atoms with Crippen molar-refractivity contribution in [1.29, 1.82) is 0 Å². The molecule has 0 unspecified atom stereocenters. The molecule has 0 atom stereocenters. The second-order valence-corrected chi connectivity index (χ2v) is 7.24. The highest BCUT2D eigenvalue weighted by atomic mass is 79.9. The second-order valence-electron chi connectivity index (χ2n) is 5.05. The maximum Gasteiger partial charge on any atom is 0.133 e. The lowest BCUT2D eigenvalue weighted by Crippen LogP contribution is -2.21. The maximum absolute atomic E-state index is 5.88. The topological polar surface area (TPSA) is 21.3 Å². The second kappa shape index (κ2) is 7.25. The van der Waals surface area contributed by atoms with E-state index >= 15 is 0 Å². The third-order valence-electron chi connectivity index (χ3n) is 2.98. The van der Waals surface area contributed by atoms with Gasteiger partial charge < -0.3 is 10.1 Å². The summed E-state index contributed by atoms with van der Waals surface area (Å²) in [5.74, 6) is 0.889. The van der Waals surface area contributed by atoms with Crippen molar-refractivity contribution < 1.29 is 4.74 Å². The van der Waals surface area contributed by atoms with E-state index in [4.69, 9.17) is 4.74 Å². The zero-order chi connectivity index (χ0) is 14.5. The molecular weight excluding hydrogens is 334 g/mol. The van der Waals surface area contributed by atoms with E-state index in [1.165, 1.54) is 15.3 Å². The van der Waals surface area contributed by atoms with E-state index in [2.05, 4.69) is 48.1 Å². The van der Waals surface area contributed by atoms with Crippen molar-refractivity contribution in [1.82, 2.24) is 5.32 Å². The predicted octanol–water partition coefficient (Wildman–Crippen LogP) is 4.90. The third kappa shape index (κ3) is 4.33. The average Bonchev–Trinajstić information content (AvgIpc) is 2.76. The molecule has 2 nitrogen and oxygen atoms in total. The van der Waals surface area contributed by atoms with Crippen LogP contribution in [0.1, 0.15) is 29.2 Å². The van der Waals surface area contributed by atoms with E-state index in [0.717, 1.165) is 16.8 Å². The van der Waals surface area contributed by atoms with Crippen LogP contribution in [0.3, 0.4) is 0 Å². The molecule has 4 heteroatoms. The molecule has 0 amide bonds. The number of rotatable bonds is 6. The number of hydrogen-bond acceptors (Lipinski definition) is 3. The van der Waals surface area contributed by atoms with Gasteiger partial charge in [0.15, 0.2) is 0 Å². The van der Waals surface area contributed by atoms with Crippen molar-refractivity contribution >= 4 is 27.3 Å². The SMILES string of the molecule is Cc1sc(CNC(C)C)cc1COc1ccccc1Br. The molecule has 0 fully saturated rings. The van der Waals surface area contributed by atoms with Crippen LogP contribution < -0.4 is 10.1 Å². The van der Waals surface area contributed by atoms with E-state index in [1.54, 1.807) is 0 Å². The van der Waals surface area contributed by atoms with Crippen molar-refractivity contribution in [3.05, 3.63) is 50.1 Å². The summed E-state index contributed by atoms with van der Waals surface area (Å²) in [7, 11) is 0. The van der Waals surface area contributed by atoms with Crippen LogP contribution in [0.25, 0.3) is 0 Å². The lowest BCUT2D eigenvalue weighted by atomic mass is 10.2. The summed E-state index contributed by atoms with van der Waals surface area (Å²) in [6.45, 7) is 8.03. The van der Waals surface area contributed by atoms with Gasteiger partial charge in [-0.15, -0.1) is 11.3 Å². The normalized spacial score (nSPS) is 11.1. The first-order valence-corrected chi connectivity index (χ1v) is 8.36. The fraction of sp³-hybridized carbons (Fsp3) is 0.375. The Bertz CT molecular complexity index is 565. The van der Waals surface area contributed by atoms with Crippen LogP contribution in [-0.2, 0) is 13.2 Å². The smallest absolute Gasteiger partial charge is 0.133 e. The van der Waals surface area contributed by atoms with Crippen LogP contribution in [0, 0.1) is 6.92 Å². The standard InChI is InChI=1S/C16H20BrNOS/c1-11(2)18-9-14-8-13(12(3)20-14)10-19-16-7-5-4-6-15(16)17/h4-8,11,18H,9-10H2,1-3H3. The summed E-state index contributed by atoms with van der Waals surface area (Å²) < 4.78 is 6.88. The Labute approximate surface area is 133 Å². The van der Waals surface area contributed by atoms with Gasteiger partial charge in [0, 0.05) is 27.9 Å². The molecule has 2 aromatic rings. The molecule has 1 aromatic heterocycles. The fourth-order valence-electron chi connectivity index (χ4n) is 1.84. The first kappa shape index (κ1) is 15.5. The van der Waals surface area contributed by atoms with Gasteiger partial charge in [-0.25, -0.2) is 0 Å². The Kier molecular flexibility index (Phi) is 5.64. The number of para-hydroxylation sites is 1. The maximum atomic E-state index is 5.88. The Morgan fingerprint density at radius 2 is 2.05 bits per heavy atom. The molecule has 108 valence electrons. The van der Waals surface area contributed by atoms with E-state index in [0.29, 0.717) is 12.6 Å². The van der Waals surface area contributed by atoms with Gasteiger partial charge in [0.1, 0.15) is 12.4 Å². The van der Waals surface area contributed by atoms with Crippen LogP contribution in [0.15, 0.2) is 34.8 Å². The van der Waals surface area contributed by atoms with Gasteiger partial charge in [-0.2, -0.15) is 0 Å². The predicted molar refractivity (Wildman–Crippen MR) is 89.5 cm³/mol. The zero-order valence-electron chi connectivity index (χ0n) is 12.1. The monoisotopic (exact) mass is 353 g/mol. The molecule has 0 bridgehead atoms. The number of nitrogens with one attached hydrogen (secondary N) is 1. The largest absolute Gasteiger partial charge is 0.488 e. The van der Waals surface area contributed by atoms with Gasteiger partial charge in [0.2, 0.25) is 0 Å². The highest BCUT2D eigenvalue weighted by Gasteiger charge is 2.08. The zero-order valence-corrected chi connectivity index (χ0v) is 14.5. The lowest BCUT2D eigenvalue weighted by molar-refractivity contribution is 0.304. The van der Waals surface area contributed by atoms with Gasteiger partial charge in [-0.1, -0.05) is 26.0 Å². The van der Waals surface area contributed by atoms with Crippen molar-refractivity contribution in [2.75, 3.05) is 0 Å². The number of ether oxygens (including phenoxy) is 1. The summed E-state index contributed by atoms with van der Waals surface area (Å²) in [6.07, 6.45) is 0. The first-order chi connectivity index (χ1) is 9.56. The van der Waals surface area contributed by atoms with E-state index in [9.17, 15) is 0 Å². The summed E-state index contributed by atoms with van der Waals surface area (Å²) >= 11 is 5.34. The van der Waals surface area contributed by atoms with Crippen LogP contribution in [0.5, 0.6) is 5.75 Å². The van der Waals surface area contributed by atoms with Gasteiger partial charge >= 0.3 is 0 Å². The van der Waals surface area contributed by atoms with E-state index in [-0.39, 0.29) is 0 Å². The molecule has 0 saturated heterocycles. The molecular formula is C16H20BrNOS. The number of benzene rings is 1. The Morgan fingerprint density at radius 1 is 1.30 bits per heavy atom. The van der Waals surface area contributed by atoms with Crippen molar-refractivity contribution in [2.45, 2.75) is 40.0 Å². The van der Waals surface area contributed by atoms with Gasteiger partial charge in [0.05, 0.1) is 4.47 Å². The highest BCUT2D eigenvalue weighted by Crippen LogP contribution is 2.27.